The third kappa shape index (κ3) is 1.45. The molecule has 0 atom stereocenters. The molecule has 0 unspecified atom stereocenters. The van der Waals surface area contributed by atoms with Gasteiger partial charge in [-0.1, -0.05) is 6.07 Å². The molecule has 0 spiro atoms. The van der Waals surface area contributed by atoms with Crippen LogP contribution in [0.3, 0.4) is 0 Å². The van der Waals surface area contributed by atoms with E-state index < -0.39 is 0 Å². The Morgan fingerprint density at radius 3 is 2.50 bits per heavy atom. The Hall–Kier alpha value is -1.18. The summed E-state index contributed by atoms with van der Waals surface area (Å²) in [6, 6.07) is 4.17. The van der Waals surface area contributed by atoms with E-state index in [0.29, 0.717) is 0 Å². The zero-order chi connectivity index (χ0) is 9.97. The summed E-state index contributed by atoms with van der Waals surface area (Å²) in [6.45, 7) is 0. The molecule has 1 aliphatic rings. The van der Waals surface area contributed by atoms with Gasteiger partial charge < -0.3 is 9.47 Å². The molecule has 0 aliphatic heterocycles. The van der Waals surface area contributed by atoms with Gasteiger partial charge in [-0.15, -0.1) is 0 Å². The van der Waals surface area contributed by atoms with Crippen LogP contribution in [-0.4, -0.2) is 14.2 Å². The monoisotopic (exact) mass is 192 g/mol. The topological polar surface area (TPSA) is 18.5 Å². The van der Waals surface area contributed by atoms with Gasteiger partial charge in [-0.3, -0.25) is 0 Å². The van der Waals surface area contributed by atoms with Crippen molar-refractivity contribution in [2.24, 2.45) is 0 Å². The van der Waals surface area contributed by atoms with Gasteiger partial charge in [0.15, 0.2) is 11.5 Å². The van der Waals surface area contributed by atoms with Crippen molar-refractivity contribution in [3.63, 3.8) is 0 Å². The fourth-order valence-electron chi connectivity index (χ4n) is 2.16. The highest BCUT2D eigenvalue weighted by atomic mass is 16.5. The van der Waals surface area contributed by atoms with Crippen molar-refractivity contribution in [1.29, 1.82) is 0 Å². The number of methoxy groups -OCH3 is 2. The number of hydrogen-bond acceptors (Lipinski definition) is 2. The zero-order valence-corrected chi connectivity index (χ0v) is 8.80. The van der Waals surface area contributed by atoms with Crippen LogP contribution < -0.4 is 9.47 Å². The number of aryl methyl sites for hydroxylation is 1. The number of fused-ring (bicyclic) bond motifs is 1. The first-order valence-corrected chi connectivity index (χ1v) is 5.09. The standard InChI is InChI=1S/C12H16O2/c1-13-11-8-7-9-5-3-4-6-10(9)12(11)14-2/h7-8H,3-6H2,1-2H3. The molecule has 1 aromatic rings. The number of ether oxygens (including phenoxy) is 2. The van der Waals surface area contributed by atoms with E-state index in [0.717, 1.165) is 17.9 Å². The molecule has 0 radical (unpaired) electrons. The summed E-state index contributed by atoms with van der Waals surface area (Å²) >= 11 is 0. The predicted molar refractivity (Wildman–Crippen MR) is 56.2 cm³/mol. The molecule has 0 saturated heterocycles. The van der Waals surface area contributed by atoms with Crippen LogP contribution in [0.15, 0.2) is 12.1 Å². The quantitative estimate of drug-likeness (QED) is 0.717. The highest BCUT2D eigenvalue weighted by molar-refractivity contribution is 5.51. The predicted octanol–water partition coefficient (Wildman–Crippen LogP) is 2.58. The molecule has 1 aromatic carbocycles. The Kier molecular flexibility index (Phi) is 2.62. The van der Waals surface area contributed by atoms with Crippen molar-refractivity contribution in [1.82, 2.24) is 0 Å². The van der Waals surface area contributed by atoms with Crippen molar-refractivity contribution in [3.8, 4) is 11.5 Å². The fourth-order valence-corrected chi connectivity index (χ4v) is 2.16. The lowest BCUT2D eigenvalue weighted by atomic mass is 9.91. The summed E-state index contributed by atoms with van der Waals surface area (Å²) in [5.74, 6) is 1.79. The second-order valence-electron chi connectivity index (χ2n) is 3.65. The third-order valence-electron chi connectivity index (χ3n) is 2.87. The molecule has 2 rings (SSSR count). The van der Waals surface area contributed by atoms with Crippen molar-refractivity contribution < 1.29 is 9.47 Å². The smallest absolute Gasteiger partial charge is 0.164 e. The zero-order valence-electron chi connectivity index (χ0n) is 8.80. The van der Waals surface area contributed by atoms with Crippen LogP contribution >= 0.6 is 0 Å². The van der Waals surface area contributed by atoms with E-state index in [1.165, 1.54) is 30.4 Å². The van der Waals surface area contributed by atoms with Gasteiger partial charge in [-0.25, -0.2) is 0 Å². The Morgan fingerprint density at radius 2 is 1.79 bits per heavy atom. The largest absolute Gasteiger partial charge is 0.493 e. The van der Waals surface area contributed by atoms with Crippen LogP contribution in [0.25, 0.3) is 0 Å². The molecule has 14 heavy (non-hydrogen) atoms. The molecule has 0 saturated carbocycles. The molecule has 0 heterocycles. The van der Waals surface area contributed by atoms with Crippen molar-refractivity contribution in [2.45, 2.75) is 25.7 Å². The Labute approximate surface area is 84.8 Å². The van der Waals surface area contributed by atoms with Crippen molar-refractivity contribution in [2.75, 3.05) is 14.2 Å². The number of hydrogen-bond donors (Lipinski definition) is 0. The van der Waals surface area contributed by atoms with Crippen LogP contribution in [-0.2, 0) is 12.8 Å². The van der Waals surface area contributed by atoms with Gasteiger partial charge in [0.2, 0.25) is 0 Å². The van der Waals surface area contributed by atoms with E-state index >= 15 is 0 Å². The molecule has 0 bridgehead atoms. The molecule has 0 aromatic heterocycles. The summed E-state index contributed by atoms with van der Waals surface area (Å²) in [7, 11) is 3.40. The summed E-state index contributed by atoms with van der Waals surface area (Å²) in [5.41, 5.74) is 2.77. The van der Waals surface area contributed by atoms with E-state index in [1.807, 2.05) is 6.07 Å². The molecular formula is C12H16O2. The van der Waals surface area contributed by atoms with E-state index in [2.05, 4.69) is 6.07 Å². The Balaban J connectivity index is 2.50. The normalized spacial score (nSPS) is 14.7. The Morgan fingerprint density at radius 1 is 1.00 bits per heavy atom. The number of benzene rings is 1. The molecule has 0 fully saturated rings. The molecule has 2 heteroatoms. The fraction of sp³-hybridized carbons (Fsp3) is 0.500. The van der Waals surface area contributed by atoms with E-state index in [4.69, 9.17) is 9.47 Å². The summed E-state index contributed by atoms with van der Waals surface area (Å²) < 4.78 is 10.7. The second-order valence-corrected chi connectivity index (χ2v) is 3.65. The van der Waals surface area contributed by atoms with Gasteiger partial charge >= 0.3 is 0 Å². The molecule has 0 N–H and O–H groups in total. The maximum absolute atomic E-state index is 5.41. The van der Waals surface area contributed by atoms with Crippen LogP contribution in [0, 0.1) is 0 Å². The summed E-state index contributed by atoms with van der Waals surface area (Å²) in [5, 5.41) is 0. The van der Waals surface area contributed by atoms with Gasteiger partial charge in [0.05, 0.1) is 14.2 Å². The lowest BCUT2D eigenvalue weighted by Crippen LogP contribution is -2.05. The molecular weight excluding hydrogens is 176 g/mol. The summed E-state index contributed by atoms with van der Waals surface area (Å²) in [4.78, 5) is 0. The van der Waals surface area contributed by atoms with Crippen molar-refractivity contribution in [3.05, 3.63) is 23.3 Å². The molecule has 76 valence electrons. The second kappa shape index (κ2) is 3.91. The summed E-state index contributed by atoms with van der Waals surface area (Å²) in [6.07, 6.45) is 4.85. The van der Waals surface area contributed by atoms with Gasteiger partial charge in [0.1, 0.15) is 0 Å². The molecule has 0 amide bonds. The highest BCUT2D eigenvalue weighted by Gasteiger charge is 2.17. The molecule has 1 aliphatic carbocycles. The average molecular weight is 192 g/mol. The lowest BCUT2D eigenvalue weighted by molar-refractivity contribution is 0.349. The highest BCUT2D eigenvalue weighted by Crippen LogP contribution is 2.37. The first-order valence-electron chi connectivity index (χ1n) is 5.09. The van der Waals surface area contributed by atoms with Crippen molar-refractivity contribution >= 4 is 0 Å². The first kappa shape index (κ1) is 9.38. The van der Waals surface area contributed by atoms with Gasteiger partial charge in [0.25, 0.3) is 0 Å². The Bertz CT molecular complexity index is 316. The number of rotatable bonds is 2. The minimum Gasteiger partial charge on any atom is -0.493 e. The van der Waals surface area contributed by atoms with E-state index in [9.17, 15) is 0 Å². The minimum absolute atomic E-state index is 0.855. The average Bonchev–Trinajstić information content (AvgIpc) is 2.27. The first-order chi connectivity index (χ1) is 6.86. The van der Waals surface area contributed by atoms with Gasteiger partial charge in [-0.05, 0) is 37.3 Å². The van der Waals surface area contributed by atoms with Crippen LogP contribution in [0.1, 0.15) is 24.0 Å². The lowest BCUT2D eigenvalue weighted by Gasteiger charge is -2.20. The van der Waals surface area contributed by atoms with Gasteiger partial charge in [0, 0.05) is 5.56 Å². The van der Waals surface area contributed by atoms with Crippen LogP contribution in [0.2, 0.25) is 0 Å². The van der Waals surface area contributed by atoms with E-state index in [1.54, 1.807) is 14.2 Å². The third-order valence-corrected chi connectivity index (χ3v) is 2.87. The molecule has 2 nitrogen and oxygen atoms in total. The van der Waals surface area contributed by atoms with Crippen LogP contribution in [0.4, 0.5) is 0 Å². The maximum Gasteiger partial charge on any atom is 0.164 e. The van der Waals surface area contributed by atoms with Crippen LogP contribution in [0.5, 0.6) is 11.5 Å². The van der Waals surface area contributed by atoms with Gasteiger partial charge in [-0.2, -0.15) is 0 Å². The van der Waals surface area contributed by atoms with E-state index in [-0.39, 0.29) is 0 Å². The minimum atomic E-state index is 0.855. The maximum atomic E-state index is 5.41. The SMILES string of the molecule is COc1ccc2c(c1OC)CCCC2.